The van der Waals surface area contributed by atoms with Gasteiger partial charge in [0.05, 0.1) is 6.61 Å². The van der Waals surface area contributed by atoms with Crippen LogP contribution in [0.3, 0.4) is 0 Å². The fourth-order valence-electron chi connectivity index (χ4n) is 3.51. The van der Waals surface area contributed by atoms with Crippen LogP contribution >= 0.6 is 0 Å². The predicted octanol–water partition coefficient (Wildman–Crippen LogP) is 6.94. The maximum absolute atomic E-state index is 6.29. The summed E-state index contributed by atoms with van der Waals surface area (Å²) in [6.07, 6.45) is 8.62. The van der Waals surface area contributed by atoms with Gasteiger partial charge < -0.3 is 9.47 Å². The average Bonchev–Trinajstić information content (AvgIpc) is 2.59. The van der Waals surface area contributed by atoms with Crippen LogP contribution in [0.25, 0.3) is 0 Å². The molecule has 2 rings (SSSR count). The molecule has 1 aliphatic rings. The van der Waals surface area contributed by atoms with Gasteiger partial charge in [0, 0.05) is 6.42 Å². The zero-order chi connectivity index (χ0) is 18.3. The molecule has 2 nitrogen and oxygen atoms in total. The summed E-state index contributed by atoms with van der Waals surface area (Å²) in [4.78, 5) is 0. The Kier molecular flexibility index (Phi) is 7.81. The van der Waals surface area contributed by atoms with Gasteiger partial charge in [-0.3, -0.25) is 0 Å². The fourth-order valence-corrected chi connectivity index (χ4v) is 3.51. The molecule has 1 aromatic carbocycles. The SMILES string of the molecule is CCC(C)c1cccc(OC(CC(C)(C)C)OCC2CCCCC2)c1. The Morgan fingerprint density at radius 1 is 1.12 bits per heavy atom. The molecule has 142 valence electrons. The fraction of sp³-hybridized carbons (Fsp3) is 0.739. The zero-order valence-corrected chi connectivity index (χ0v) is 17.0. The van der Waals surface area contributed by atoms with Crippen molar-refractivity contribution in [1.82, 2.24) is 0 Å². The Morgan fingerprint density at radius 3 is 2.48 bits per heavy atom. The lowest BCUT2D eigenvalue weighted by atomic mass is 9.89. The second kappa shape index (κ2) is 9.62. The summed E-state index contributed by atoms with van der Waals surface area (Å²) in [7, 11) is 0. The summed E-state index contributed by atoms with van der Waals surface area (Å²) in [5.74, 6) is 2.22. The Hall–Kier alpha value is -1.02. The standard InChI is InChI=1S/C23H38O2/c1-6-18(2)20-13-10-14-21(15-20)25-22(16-23(3,4)5)24-17-19-11-8-7-9-12-19/h10,13-15,18-19,22H,6-9,11-12,16-17H2,1-5H3. The summed E-state index contributed by atoms with van der Waals surface area (Å²) in [6, 6.07) is 8.55. The van der Waals surface area contributed by atoms with Crippen molar-refractivity contribution in [3.63, 3.8) is 0 Å². The maximum Gasteiger partial charge on any atom is 0.200 e. The van der Waals surface area contributed by atoms with Crippen molar-refractivity contribution in [3.8, 4) is 5.75 Å². The molecule has 0 bridgehead atoms. The van der Waals surface area contributed by atoms with Gasteiger partial charge in [-0.2, -0.15) is 0 Å². The van der Waals surface area contributed by atoms with Gasteiger partial charge >= 0.3 is 0 Å². The Morgan fingerprint density at radius 2 is 1.84 bits per heavy atom. The van der Waals surface area contributed by atoms with E-state index in [1.165, 1.54) is 37.7 Å². The smallest absolute Gasteiger partial charge is 0.200 e. The van der Waals surface area contributed by atoms with E-state index in [4.69, 9.17) is 9.47 Å². The lowest BCUT2D eigenvalue weighted by molar-refractivity contribution is -0.112. The number of hydrogen-bond donors (Lipinski definition) is 0. The molecule has 0 N–H and O–H groups in total. The third kappa shape index (κ3) is 7.40. The van der Waals surface area contributed by atoms with E-state index in [0.717, 1.165) is 25.2 Å². The van der Waals surface area contributed by atoms with Gasteiger partial charge in [0.15, 0.2) is 6.29 Å². The van der Waals surface area contributed by atoms with Crippen LogP contribution in [-0.4, -0.2) is 12.9 Å². The number of hydrogen-bond acceptors (Lipinski definition) is 2. The predicted molar refractivity (Wildman–Crippen MR) is 106 cm³/mol. The molecule has 0 saturated heterocycles. The third-order valence-corrected chi connectivity index (χ3v) is 5.33. The van der Waals surface area contributed by atoms with Crippen LogP contribution in [0.2, 0.25) is 0 Å². The van der Waals surface area contributed by atoms with Crippen molar-refractivity contribution >= 4 is 0 Å². The van der Waals surface area contributed by atoms with E-state index >= 15 is 0 Å². The molecule has 0 spiro atoms. The first kappa shape index (κ1) is 20.3. The molecular formula is C23H38O2. The molecule has 1 aromatic rings. The van der Waals surface area contributed by atoms with Crippen molar-refractivity contribution < 1.29 is 9.47 Å². The molecule has 0 amide bonds. The molecule has 25 heavy (non-hydrogen) atoms. The van der Waals surface area contributed by atoms with E-state index < -0.39 is 0 Å². The molecular weight excluding hydrogens is 308 g/mol. The van der Waals surface area contributed by atoms with Gasteiger partial charge in [0.2, 0.25) is 0 Å². The topological polar surface area (TPSA) is 18.5 Å². The van der Waals surface area contributed by atoms with Gasteiger partial charge in [-0.15, -0.1) is 0 Å². The summed E-state index contributed by atoms with van der Waals surface area (Å²) in [6.45, 7) is 12.1. The van der Waals surface area contributed by atoms with Crippen LogP contribution in [0.4, 0.5) is 0 Å². The van der Waals surface area contributed by atoms with Crippen LogP contribution in [0, 0.1) is 11.3 Å². The number of benzene rings is 1. The lowest BCUT2D eigenvalue weighted by Gasteiger charge is -2.29. The largest absolute Gasteiger partial charge is 0.465 e. The van der Waals surface area contributed by atoms with Crippen molar-refractivity contribution in [2.24, 2.45) is 11.3 Å². The van der Waals surface area contributed by atoms with Gasteiger partial charge in [0.25, 0.3) is 0 Å². The van der Waals surface area contributed by atoms with Gasteiger partial charge in [-0.1, -0.05) is 66.0 Å². The van der Waals surface area contributed by atoms with Crippen molar-refractivity contribution in [1.29, 1.82) is 0 Å². The number of ether oxygens (including phenoxy) is 2. The molecule has 2 atom stereocenters. The van der Waals surface area contributed by atoms with Crippen LogP contribution < -0.4 is 4.74 Å². The average molecular weight is 347 g/mol. The molecule has 1 saturated carbocycles. The molecule has 2 heteroatoms. The lowest BCUT2D eigenvalue weighted by Crippen LogP contribution is -2.29. The molecule has 1 fully saturated rings. The quantitative estimate of drug-likeness (QED) is 0.475. The molecule has 0 aromatic heterocycles. The second-order valence-electron chi connectivity index (χ2n) is 9.03. The van der Waals surface area contributed by atoms with E-state index in [2.05, 4.69) is 58.9 Å². The van der Waals surface area contributed by atoms with Crippen LogP contribution in [-0.2, 0) is 4.74 Å². The van der Waals surface area contributed by atoms with Crippen LogP contribution in [0.5, 0.6) is 5.75 Å². The normalized spacial score (nSPS) is 18.8. The first-order valence-electron chi connectivity index (χ1n) is 10.3. The third-order valence-electron chi connectivity index (χ3n) is 5.33. The molecule has 0 heterocycles. The Bertz CT molecular complexity index is 497. The van der Waals surface area contributed by atoms with Crippen molar-refractivity contribution in [2.45, 2.75) is 91.8 Å². The second-order valence-corrected chi connectivity index (χ2v) is 9.03. The van der Waals surface area contributed by atoms with Gasteiger partial charge in [0.1, 0.15) is 5.75 Å². The summed E-state index contributed by atoms with van der Waals surface area (Å²) in [5.41, 5.74) is 1.53. The molecule has 1 aliphatic carbocycles. The Labute approximate surface area is 155 Å². The Balaban J connectivity index is 1.99. The molecule has 2 unspecified atom stereocenters. The first-order valence-corrected chi connectivity index (χ1v) is 10.3. The highest BCUT2D eigenvalue weighted by Crippen LogP contribution is 2.29. The van der Waals surface area contributed by atoms with Gasteiger partial charge in [-0.05, 0) is 54.2 Å². The highest BCUT2D eigenvalue weighted by Gasteiger charge is 2.23. The summed E-state index contributed by atoms with van der Waals surface area (Å²) < 4.78 is 12.6. The first-order chi connectivity index (χ1) is 11.9. The van der Waals surface area contributed by atoms with E-state index in [1.807, 2.05) is 0 Å². The molecule has 0 radical (unpaired) electrons. The minimum Gasteiger partial charge on any atom is -0.465 e. The van der Waals surface area contributed by atoms with Crippen molar-refractivity contribution in [3.05, 3.63) is 29.8 Å². The molecule has 0 aliphatic heterocycles. The zero-order valence-electron chi connectivity index (χ0n) is 17.0. The highest BCUT2D eigenvalue weighted by molar-refractivity contribution is 5.30. The van der Waals surface area contributed by atoms with Crippen LogP contribution in [0.15, 0.2) is 24.3 Å². The van der Waals surface area contributed by atoms with E-state index in [1.54, 1.807) is 0 Å². The van der Waals surface area contributed by atoms with E-state index in [0.29, 0.717) is 11.8 Å². The number of rotatable bonds is 8. The van der Waals surface area contributed by atoms with E-state index in [-0.39, 0.29) is 11.7 Å². The summed E-state index contributed by atoms with van der Waals surface area (Å²) in [5, 5.41) is 0. The monoisotopic (exact) mass is 346 g/mol. The minimum absolute atomic E-state index is 0.158. The van der Waals surface area contributed by atoms with E-state index in [9.17, 15) is 0 Å². The maximum atomic E-state index is 6.29. The van der Waals surface area contributed by atoms with Crippen molar-refractivity contribution in [2.75, 3.05) is 6.61 Å². The summed E-state index contributed by atoms with van der Waals surface area (Å²) >= 11 is 0. The highest BCUT2D eigenvalue weighted by atomic mass is 16.7. The minimum atomic E-state index is -0.158. The van der Waals surface area contributed by atoms with Crippen LogP contribution in [0.1, 0.15) is 91.0 Å². The van der Waals surface area contributed by atoms with Gasteiger partial charge in [-0.25, -0.2) is 0 Å².